The molecule has 2 aliphatic rings. The molecule has 2 aliphatic heterocycles. The first kappa shape index (κ1) is 6.58. The van der Waals surface area contributed by atoms with Crippen molar-refractivity contribution >= 4 is 0 Å². The fourth-order valence-electron chi connectivity index (χ4n) is 1.73. The van der Waals surface area contributed by atoms with E-state index in [1.54, 1.807) is 0 Å². The van der Waals surface area contributed by atoms with Crippen LogP contribution in [0.3, 0.4) is 0 Å². The highest BCUT2D eigenvalue weighted by atomic mass is 16.5. The minimum Gasteiger partial charge on any atom is -0.365 e. The third-order valence-corrected chi connectivity index (χ3v) is 2.41. The normalized spacial score (nSPS) is 40.8. The van der Waals surface area contributed by atoms with E-state index in [-0.39, 0.29) is 0 Å². The standard InChI is InChI=1S/C7H14N2O/c1-2-8-3-6(1)7-4-10-5-9-7/h6-9H,1-5H2. The lowest BCUT2D eigenvalue weighted by Crippen LogP contribution is -2.33. The Morgan fingerprint density at radius 1 is 1.40 bits per heavy atom. The molecule has 3 heteroatoms. The molecule has 2 saturated heterocycles. The molecule has 2 N–H and O–H groups in total. The van der Waals surface area contributed by atoms with Gasteiger partial charge in [-0.25, -0.2) is 0 Å². The molecule has 58 valence electrons. The van der Waals surface area contributed by atoms with Crippen molar-refractivity contribution in [3.8, 4) is 0 Å². The van der Waals surface area contributed by atoms with E-state index in [0.29, 0.717) is 6.04 Å². The van der Waals surface area contributed by atoms with Crippen LogP contribution >= 0.6 is 0 Å². The van der Waals surface area contributed by atoms with E-state index >= 15 is 0 Å². The Balaban J connectivity index is 1.85. The van der Waals surface area contributed by atoms with Gasteiger partial charge in [0.15, 0.2) is 0 Å². The van der Waals surface area contributed by atoms with Crippen molar-refractivity contribution in [3.63, 3.8) is 0 Å². The van der Waals surface area contributed by atoms with Crippen LogP contribution in [-0.2, 0) is 4.74 Å². The SMILES string of the molecule is C1CC(C2COCN2)CN1. The third-order valence-electron chi connectivity index (χ3n) is 2.41. The van der Waals surface area contributed by atoms with Crippen molar-refractivity contribution in [1.29, 1.82) is 0 Å². The minimum atomic E-state index is 0.620. The largest absolute Gasteiger partial charge is 0.365 e. The van der Waals surface area contributed by atoms with Gasteiger partial charge in [0.2, 0.25) is 0 Å². The second kappa shape index (κ2) is 2.86. The number of ether oxygens (including phenoxy) is 1. The van der Waals surface area contributed by atoms with Gasteiger partial charge in [-0.3, -0.25) is 5.32 Å². The van der Waals surface area contributed by atoms with E-state index in [4.69, 9.17) is 4.74 Å². The maximum atomic E-state index is 5.23. The van der Waals surface area contributed by atoms with Crippen LogP contribution in [0.4, 0.5) is 0 Å². The first-order chi connectivity index (χ1) is 4.97. The molecule has 2 heterocycles. The van der Waals surface area contributed by atoms with E-state index in [9.17, 15) is 0 Å². The first-order valence-corrected chi connectivity index (χ1v) is 3.98. The van der Waals surface area contributed by atoms with Gasteiger partial charge in [0, 0.05) is 6.04 Å². The van der Waals surface area contributed by atoms with Gasteiger partial charge in [0.25, 0.3) is 0 Å². The minimum absolute atomic E-state index is 0.620. The molecule has 3 nitrogen and oxygen atoms in total. The maximum Gasteiger partial charge on any atom is 0.0969 e. The van der Waals surface area contributed by atoms with Crippen LogP contribution in [0.25, 0.3) is 0 Å². The summed E-state index contributed by atoms with van der Waals surface area (Å²) in [6.45, 7) is 4.01. The topological polar surface area (TPSA) is 33.3 Å². The molecule has 0 amide bonds. The molecule has 0 aromatic carbocycles. The summed E-state index contributed by atoms with van der Waals surface area (Å²) in [5.41, 5.74) is 0. The highest BCUT2D eigenvalue weighted by Crippen LogP contribution is 2.15. The summed E-state index contributed by atoms with van der Waals surface area (Å²) in [5.74, 6) is 0.808. The monoisotopic (exact) mass is 142 g/mol. The van der Waals surface area contributed by atoms with Crippen molar-refractivity contribution in [3.05, 3.63) is 0 Å². The van der Waals surface area contributed by atoms with Crippen LogP contribution in [0.15, 0.2) is 0 Å². The van der Waals surface area contributed by atoms with Crippen LogP contribution in [0.1, 0.15) is 6.42 Å². The quantitative estimate of drug-likeness (QED) is 0.520. The van der Waals surface area contributed by atoms with Crippen LogP contribution in [0, 0.1) is 5.92 Å². The lowest BCUT2D eigenvalue weighted by Gasteiger charge is -2.14. The average Bonchev–Trinajstić information content (AvgIpc) is 2.59. The highest BCUT2D eigenvalue weighted by molar-refractivity contribution is 4.84. The Bertz CT molecular complexity index is 92.2. The molecule has 10 heavy (non-hydrogen) atoms. The number of nitrogens with one attached hydrogen (secondary N) is 2. The Morgan fingerprint density at radius 3 is 3.00 bits per heavy atom. The van der Waals surface area contributed by atoms with Gasteiger partial charge in [-0.1, -0.05) is 0 Å². The molecule has 0 aliphatic carbocycles. The summed E-state index contributed by atoms with van der Waals surface area (Å²) in [6.07, 6.45) is 1.31. The molecular formula is C7H14N2O. The summed E-state index contributed by atoms with van der Waals surface area (Å²) in [4.78, 5) is 0. The van der Waals surface area contributed by atoms with Crippen LogP contribution in [-0.4, -0.2) is 32.5 Å². The maximum absolute atomic E-state index is 5.23. The van der Waals surface area contributed by atoms with Crippen LogP contribution in [0.2, 0.25) is 0 Å². The summed E-state index contributed by atoms with van der Waals surface area (Å²) < 4.78 is 5.23. The second-order valence-corrected chi connectivity index (χ2v) is 3.08. The van der Waals surface area contributed by atoms with E-state index in [1.165, 1.54) is 19.5 Å². The summed E-state index contributed by atoms with van der Waals surface area (Å²) in [5, 5.41) is 6.69. The predicted octanol–water partition coefficient (Wildman–Crippen LogP) is -0.458. The van der Waals surface area contributed by atoms with E-state index < -0.39 is 0 Å². The van der Waals surface area contributed by atoms with Crippen molar-refractivity contribution in [2.24, 2.45) is 5.92 Å². The smallest absolute Gasteiger partial charge is 0.0969 e. The third kappa shape index (κ3) is 1.17. The Morgan fingerprint density at radius 2 is 2.40 bits per heavy atom. The van der Waals surface area contributed by atoms with Crippen LogP contribution < -0.4 is 10.6 Å². The zero-order chi connectivity index (χ0) is 6.81. The molecule has 0 bridgehead atoms. The Labute approximate surface area is 61.1 Å². The average molecular weight is 142 g/mol. The molecule has 0 aromatic rings. The predicted molar refractivity (Wildman–Crippen MR) is 38.7 cm³/mol. The lowest BCUT2D eigenvalue weighted by atomic mass is 10.0. The van der Waals surface area contributed by atoms with E-state index in [1.807, 2.05) is 0 Å². The van der Waals surface area contributed by atoms with Gasteiger partial charge in [0.1, 0.15) is 0 Å². The second-order valence-electron chi connectivity index (χ2n) is 3.08. The molecule has 2 atom stereocenters. The number of hydrogen-bond donors (Lipinski definition) is 2. The lowest BCUT2D eigenvalue weighted by molar-refractivity contribution is 0.185. The number of rotatable bonds is 1. The zero-order valence-corrected chi connectivity index (χ0v) is 6.10. The highest BCUT2D eigenvalue weighted by Gasteiger charge is 2.27. The molecule has 0 spiro atoms. The Hall–Kier alpha value is -0.120. The van der Waals surface area contributed by atoms with Gasteiger partial charge in [-0.05, 0) is 25.4 Å². The first-order valence-electron chi connectivity index (χ1n) is 3.98. The molecule has 0 radical (unpaired) electrons. The van der Waals surface area contributed by atoms with Gasteiger partial charge in [-0.2, -0.15) is 0 Å². The van der Waals surface area contributed by atoms with E-state index in [0.717, 1.165) is 19.3 Å². The summed E-state index contributed by atoms with van der Waals surface area (Å²) in [6, 6.07) is 0.620. The summed E-state index contributed by atoms with van der Waals surface area (Å²) in [7, 11) is 0. The fourth-order valence-corrected chi connectivity index (χ4v) is 1.73. The van der Waals surface area contributed by atoms with Crippen molar-refractivity contribution in [2.75, 3.05) is 26.4 Å². The molecule has 2 rings (SSSR count). The number of hydrogen-bond acceptors (Lipinski definition) is 3. The van der Waals surface area contributed by atoms with Crippen LogP contribution in [0.5, 0.6) is 0 Å². The summed E-state index contributed by atoms with van der Waals surface area (Å²) >= 11 is 0. The van der Waals surface area contributed by atoms with Gasteiger partial charge < -0.3 is 10.1 Å². The van der Waals surface area contributed by atoms with Crippen molar-refractivity contribution in [1.82, 2.24) is 10.6 Å². The van der Waals surface area contributed by atoms with E-state index in [2.05, 4.69) is 10.6 Å². The Kier molecular flexibility index (Phi) is 1.88. The van der Waals surface area contributed by atoms with Gasteiger partial charge >= 0.3 is 0 Å². The zero-order valence-electron chi connectivity index (χ0n) is 6.10. The van der Waals surface area contributed by atoms with Gasteiger partial charge in [-0.15, -0.1) is 0 Å². The fraction of sp³-hybridized carbons (Fsp3) is 1.00. The van der Waals surface area contributed by atoms with Crippen molar-refractivity contribution < 1.29 is 4.74 Å². The molecular weight excluding hydrogens is 128 g/mol. The molecule has 0 aromatic heterocycles. The van der Waals surface area contributed by atoms with Crippen molar-refractivity contribution in [2.45, 2.75) is 12.5 Å². The molecule has 2 unspecified atom stereocenters. The molecule has 2 fully saturated rings. The molecule has 0 saturated carbocycles. The van der Waals surface area contributed by atoms with Gasteiger partial charge in [0.05, 0.1) is 13.3 Å².